The van der Waals surface area contributed by atoms with Gasteiger partial charge in [-0.3, -0.25) is 9.59 Å². The Labute approximate surface area is 173 Å². The Kier molecular flexibility index (Phi) is 5.18. The van der Waals surface area contributed by atoms with Crippen molar-refractivity contribution in [3.63, 3.8) is 0 Å². The van der Waals surface area contributed by atoms with E-state index in [0.29, 0.717) is 30.2 Å². The van der Waals surface area contributed by atoms with Gasteiger partial charge < -0.3 is 10.2 Å². The molecule has 1 saturated carbocycles. The highest BCUT2D eigenvalue weighted by atomic mass is 32.2. The van der Waals surface area contributed by atoms with Crippen molar-refractivity contribution < 1.29 is 18.0 Å². The number of amides is 2. The van der Waals surface area contributed by atoms with Crippen LogP contribution in [0.25, 0.3) is 0 Å². The summed E-state index contributed by atoms with van der Waals surface area (Å²) in [6, 6.07) is 6.00. The van der Waals surface area contributed by atoms with Gasteiger partial charge in [-0.2, -0.15) is 0 Å². The summed E-state index contributed by atoms with van der Waals surface area (Å²) in [7, 11) is -0.589. The van der Waals surface area contributed by atoms with Crippen molar-refractivity contribution in [3.05, 3.63) is 40.4 Å². The number of rotatable bonds is 5. The first kappa shape index (κ1) is 20.0. The van der Waals surface area contributed by atoms with E-state index in [4.69, 9.17) is 0 Å². The minimum absolute atomic E-state index is 0.0248. The van der Waals surface area contributed by atoms with E-state index >= 15 is 0 Å². The molecule has 1 aromatic carbocycles. The standard InChI is InChI=1S/C19H22N4O4S2/c1-22(2)29(26,27)14-7-5-13(6-8-14)18(25)23-10-9-15-16(11-23)28-19(20-15)21-17(24)12-3-4-12/h5-8,12H,3-4,9-11H2,1-2H3,(H,20,21,24). The van der Waals surface area contributed by atoms with Gasteiger partial charge in [0.15, 0.2) is 5.13 Å². The number of benzene rings is 1. The molecule has 0 spiro atoms. The second kappa shape index (κ2) is 7.51. The second-order valence-corrected chi connectivity index (χ2v) is 10.7. The summed E-state index contributed by atoms with van der Waals surface area (Å²) in [6.45, 7) is 0.964. The van der Waals surface area contributed by atoms with Gasteiger partial charge in [0.2, 0.25) is 15.9 Å². The molecule has 0 unspecified atom stereocenters. The molecule has 29 heavy (non-hydrogen) atoms. The average molecular weight is 435 g/mol. The van der Waals surface area contributed by atoms with Gasteiger partial charge in [0.25, 0.3) is 5.91 Å². The molecule has 8 nitrogen and oxygen atoms in total. The third-order valence-electron chi connectivity index (χ3n) is 5.08. The minimum Gasteiger partial charge on any atom is -0.333 e. The first-order valence-electron chi connectivity index (χ1n) is 9.37. The fourth-order valence-electron chi connectivity index (χ4n) is 3.14. The number of aromatic nitrogens is 1. The third kappa shape index (κ3) is 4.05. The van der Waals surface area contributed by atoms with E-state index in [-0.39, 0.29) is 22.6 Å². The van der Waals surface area contributed by atoms with Gasteiger partial charge in [0.05, 0.1) is 17.1 Å². The Morgan fingerprint density at radius 1 is 1.21 bits per heavy atom. The van der Waals surface area contributed by atoms with Gasteiger partial charge in [-0.15, -0.1) is 0 Å². The average Bonchev–Trinajstić information content (AvgIpc) is 3.47. The third-order valence-corrected chi connectivity index (χ3v) is 7.90. The van der Waals surface area contributed by atoms with Crippen LogP contribution in [0.1, 0.15) is 33.8 Å². The Balaban J connectivity index is 1.45. The number of carbonyl (C=O) groups is 2. The molecular weight excluding hydrogens is 412 g/mol. The van der Waals surface area contributed by atoms with E-state index in [1.54, 1.807) is 17.0 Å². The highest BCUT2D eigenvalue weighted by molar-refractivity contribution is 7.89. The van der Waals surface area contributed by atoms with Crippen LogP contribution in [0.2, 0.25) is 0 Å². The molecule has 2 heterocycles. The van der Waals surface area contributed by atoms with Crippen molar-refractivity contribution in [2.75, 3.05) is 26.0 Å². The zero-order chi connectivity index (χ0) is 20.8. The summed E-state index contributed by atoms with van der Waals surface area (Å²) in [5.41, 5.74) is 1.37. The number of anilines is 1. The van der Waals surface area contributed by atoms with Crippen molar-refractivity contribution in [1.29, 1.82) is 0 Å². The molecule has 2 amide bonds. The summed E-state index contributed by atoms with van der Waals surface area (Å²) in [5.74, 6) is -0.00787. The molecule has 154 valence electrons. The fourth-order valence-corrected chi connectivity index (χ4v) is 5.07. The molecule has 4 rings (SSSR count). The van der Waals surface area contributed by atoms with Crippen LogP contribution in [-0.4, -0.2) is 55.1 Å². The van der Waals surface area contributed by atoms with Crippen LogP contribution in [0.5, 0.6) is 0 Å². The van der Waals surface area contributed by atoms with E-state index < -0.39 is 10.0 Å². The summed E-state index contributed by atoms with van der Waals surface area (Å²) in [6.07, 6.45) is 2.51. The first-order chi connectivity index (χ1) is 13.8. The number of hydrogen-bond donors (Lipinski definition) is 1. The monoisotopic (exact) mass is 434 g/mol. The molecule has 2 aromatic rings. The van der Waals surface area contributed by atoms with Gasteiger partial charge in [-0.1, -0.05) is 11.3 Å². The Morgan fingerprint density at radius 3 is 2.52 bits per heavy atom. The number of nitrogens with one attached hydrogen (secondary N) is 1. The highest BCUT2D eigenvalue weighted by Crippen LogP contribution is 2.33. The zero-order valence-corrected chi connectivity index (χ0v) is 17.8. The van der Waals surface area contributed by atoms with Crippen molar-refractivity contribution in [2.45, 2.75) is 30.7 Å². The number of hydrogen-bond acceptors (Lipinski definition) is 6. The summed E-state index contributed by atoms with van der Waals surface area (Å²) in [5, 5.41) is 3.47. The van der Waals surface area contributed by atoms with Crippen LogP contribution < -0.4 is 5.32 Å². The first-order valence-corrected chi connectivity index (χ1v) is 11.6. The highest BCUT2D eigenvalue weighted by Gasteiger charge is 2.31. The van der Waals surface area contributed by atoms with Crippen LogP contribution in [0, 0.1) is 5.92 Å². The van der Waals surface area contributed by atoms with E-state index in [1.165, 1.54) is 37.6 Å². The molecule has 0 bridgehead atoms. The van der Waals surface area contributed by atoms with Crippen molar-refractivity contribution in [3.8, 4) is 0 Å². The maximum Gasteiger partial charge on any atom is 0.254 e. The van der Waals surface area contributed by atoms with Gasteiger partial charge in [0, 0.05) is 43.4 Å². The Morgan fingerprint density at radius 2 is 1.90 bits per heavy atom. The van der Waals surface area contributed by atoms with Crippen LogP contribution in [0.4, 0.5) is 5.13 Å². The predicted molar refractivity (Wildman–Crippen MR) is 109 cm³/mol. The Hall–Kier alpha value is -2.30. The number of nitrogens with zero attached hydrogens (tertiary/aromatic N) is 3. The largest absolute Gasteiger partial charge is 0.333 e. The lowest BCUT2D eigenvalue weighted by Crippen LogP contribution is -2.35. The lowest BCUT2D eigenvalue weighted by molar-refractivity contribution is -0.117. The molecule has 0 saturated heterocycles. The van der Waals surface area contributed by atoms with Crippen LogP contribution in [0.3, 0.4) is 0 Å². The van der Waals surface area contributed by atoms with Crippen molar-refractivity contribution in [1.82, 2.24) is 14.2 Å². The normalized spacial score (nSPS) is 16.6. The maximum atomic E-state index is 12.9. The number of carbonyl (C=O) groups excluding carboxylic acids is 2. The topological polar surface area (TPSA) is 99.7 Å². The summed E-state index contributed by atoms with van der Waals surface area (Å²) in [4.78, 5) is 32.1. The smallest absolute Gasteiger partial charge is 0.254 e. The lowest BCUT2D eigenvalue weighted by Gasteiger charge is -2.26. The maximum absolute atomic E-state index is 12.9. The van der Waals surface area contributed by atoms with E-state index in [9.17, 15) is 18.0 Å². The summed E-state index contributed by atoms with van der Waals surface area (Å²) >= 11 is 1.41. The molecule has 1 N–H and O–H groups in total. The second-order valence-electron chi connectivity index (χ2n) is 7.44. The number of thiazole rings is 1. The molecule has 1 aromatic heterocycles. The van der Waals surface area contributed by atoms with Gasteiger partial charge in [0.1, 0.15) is 0 Å². The SMILES string of the molecule is CN(C)S(=O)(=O)c1ccc(C(=O)N2CCc3nc(NC(=O)C4CC4)sc3C2)cc1. The quantitative estimate of drug-likeness (QED) is 0.775. The molecule has 10 heteroatoms. The van der Waals surface area contributed by atoms with E-state index in [1.807, 2.05) is 0 Å². The molecule has 0 atom stereocenters. The van der Waals surface area contributed by atoms with Gasteiger partial charge in [-0.05, 0) is 37.1 Å². The number of sulfonamides is 1. The molecule has 0 radical (unpaired) electrons. The lowest BCUT2D eigenvalue weighted by atomic mass is 10.1. The molecular formula is C19H22N4O4S2. The minimum atomic E-state index is -3.53. The van der Waals surface area contributed by atoms with Crippen LogP contribution >= 0.6 is 11.3 Å². The van der Waals surface area contributed by atoms with Crippen molar-refractivity contribution >= 4 is 38.3 Å². The predicted octanol–water partition coefficient (Wildman–Crippen LogP) is 1.94. The number of fused-ring (bicyclic) bond motifs is 1. The summed E-state index contributed by atoms with van der Waals surface area (Å²) < 4.78 is 25.5. The van der Waals surface area contributed by atoms with Gasteiger partial charge >= 0.3 is 0 Å². The van der Waals surface area contributed by atoms with E-state index in [0.717, 1.165) is 27.7 Å². The van der Waals surface area contributed by atoms with Crippen LogP contribution in [-0.2, 0) is 27.8 Å². The Bertz CT molecular complexity index is 1060. The van der Waals surface area contributed by atoms with Crippen LogP contribution in [0.15, 0.2) is 29.2 Å². The van der Waals surface area contributed by atoms with Gasteiger partial charge in [-0.25, -0.2) is 17.7 Å². The molecule has 2 aliphatic rings. The fraction of sp³-hybridized carbons (Fsp3) is 0.421. The van der Waals surface area contributed by atoms with Crippen molar-refractivity contribution in [2.24, 2.45) is 5.92 Å². The molecule has 1 aliphatic carbocycles. The molecule has 1 aliphatic heterocycles. The molecule has 1 fully saturated rings. The zero-order valence-electron chi connectivity index (χ0n) is 16.2. The van der Waals surface area contributed by atoms with E-state index in [2.05, 4.69) is 10.3 Å².